The quantitative estimate of drug-likeness (QED) is 0.535. The van der Waals surface area contributed by atoms with Crippen LogP contribution in [0, 0.1) is 5.41 Å². The van der Waals surface area contributed by atoms with Crippen molar-refractivity contribution in [3.8, 4) is 10.6 Å². The van der Waals surface area contributed by atoms with Gasteiger partial charge in [-0.15, -0.1) is 11.3 Å². The van der Waals surface area contributed by atoms with E-state index in [1.807, 2.05) is 36.4 Å². The van der Waals surface area contributed by atoms with Gasteiger partial charge in [0.1, 0.15) is 5.01 Å². The molecule has 0 aliphatic heterocycles. The lowest BCUT2D eigenvalue weighted by Gasteiger charge is -2.02. The zero-order valence-corrected chi connectivity index (χ0v) is 11.3. The van der Waals surface area contributed by atoms with Crippen LogP contribution in [0.1, 0.15) is 6.92 Å². The molecule has 0 saturated carbocycles. The van der Waals surface area contributed by atoms with E-state index in [1.165, 1.54) is 0 Å². The number of rotatable bonds is 2. The number of nitrogens with zero attached hydrogens (tertiary/aromatic N) is 1. The number of hydrogen-bond donors (Lipinski definition) is 2. The van der Waals surface area contributed by atoms with Gasteiger partial charge in [-0.05, 0) is 25.1 Å². The van der Waals surface area contributed by atoms with Crippen LogP contribution in [-0.2, 0) is 0 Å². The molecule has 1 heterocycles. The third kappa shape index (κ3) is 2.48. The minimum atomic E-state index is 0.437. The third-order valence-electron chi connectivity index (χ3n) is 2.74. The number of nitrogens with one attached hydrogen (secondary N) is 2. The summed E-state index contributed by atoms with van der Waals surface area (Å²) in [6.07, 6.45) is 0. The highest BCUT2D eigenvalue weighted by molar-refractivity contribution is 7.21. The van der Waals surface area contributed by atoms with Crippen molar-refractivity contribution in [1.29, 1.82) is 5.41 Å². The molecule has 1 aromatic heterocycles. The topological polar surface area (TPSA) is 48.8 Å². The molecule has 0 amide bonds. The van der Waals surface area contributed by atoms with E-state index in [4.69, 9.17) is 5.41 Å². The molecule has 3 aromatic rings. The molecule has 0 atom stereocenters. The number of benzene rings is 2. The summed E-state index contributed by atoms with van der Waals surface area (Å²) < 4.78 is 1.13. The second kappa shape index (κ2) is 4.82. The maximum Gasteiger partial charge on any atom is 0.124 e. The lowest BCUT2D eigenvalue weighted by atomic mass is 10.2. The van der Waals surface area contributed by atoms with E-state index < -0.39 is 0 Å². The molecule has 2 aromatic carbocycles. The molecule has 0 unspecified atom stereocenters. The average Bonchev–Trinajstić information content (AvgIpc) is 2.82. The highest BCUT2D eigenvalue weighted by atomic mass is 32.1. The first-order valence-electron chi connectivity index (χ1n) is 6.00. The molecule has 0 fully saturated rings. The number of fused-ring (bicyclic) bond motifs is 1. The molecule has 2 N–H and O–H groups in total. The summed E-state index contributed by atoms with van der Waals surface area (Å²) in [5.74, 6) is 0.437. The second-order valence-corrected chi connectivity index (χ2v) is 5.35. The minimum Gasteiger partial charge on any atom is -0.344 e. The van der Waals surface area contributed by atoms with Gasteiger partial charge in [0.15, 0.2) is 0 Å². The maximum atomic E-state index is 7.46. The first-order valence-corrected chi connectivity index (χ1v) is 6.82. The van der Waals surface area contributed by atoms with Crippen LogP contribution in [0.3, 0.4) is 0 Å². The smallest absolute Gasteiger partial charge is 0.124 e. The predicted octanol–water partition coefficient (Wildman–Crippen LogP) is 4.37. The lowest BCUT2D eigenvalue weighted by molar-refractivity contribution is 1.44. The zero-order chi connectivity index (χ0) is 13.2. The van der Waals surface area contributed by atoms with E-state index in [0.29, 0.717) is 5.84 Å². The Hall–Kier alpha value is -2.20. The molecule has 0 spiro atoms. The minimum absolute atomic E-state index is 0.437. The Labute approximate surface area is 115 Å². The largest absolute Gasteiger partial charge is 0.344 e. The normalized spacial score (nSPS) is 10.6. The van der Waals surface area contributed by atoms with Crippen LogP contribution in [0.5, 0.6) is 0 Å². The van der Waals surface area contributed by atoms with Crippen LogP contribution in [0.4, 0.5) is 5.69 Å². The summed E-state index contributed by atoms with van der Waals surface area (Å²) in [7, 11) is 0. The van der Waals surface area contributed by atoms with Gasteiger partial charge in [0.2, 0.25) is 0 Å². The highest BCUT2D eigenvalue weighted by Crippen LogP contribution is 2.31. The Kier molecular flexibility index (Phi) is 3.01. The summed E-state index contributed by atoms with van der Waals surface area (Å²) in [4.78, 5) is 4.64. The first-order chi connectivity index (χ1) is 9.22. The fourth-order valence-electron chi connectivity index (χ4n) is 1.92. The fourth-order valence-corrected chi connectivity index (χ4v) is 2.93. The van der Waals surface area contributed by atoms with Gasteiger partial charge in [-0.1, -0.05) is 30.3 Å². The molecular formula is C15H13N3S. The SMILES string of the molecule is CC(=N)Nc1ccc2nc(-c3ccccc3)sc2c1. The molecule has 0 aliphatic rings. The van der Waals surface area contributed by atoms with Gasteiger partial charge in [0.05, 0.1) is 16.1 Å². The molecular weight excluding hydrogens is 254 g/mol. The van der Waals surface area contributed by atoms with Crippen molar-refractivity contribution in [2.75, 3.05) is 5.32 Å². The van der Waals surface area contributed by atoms with Crippen LogP contribution < -0.4 is 5.32 Å². The first kappa shape index (κ1) is 11.9. The fraction of sp³-hybridized carbons (Fsp3) is 0.0667. The third-order valence-corrected chi connectivity index (χ3v) is 3.81. The van der Waals surface area contributed by atoms with Crippen molar-refractivity contribution in [2.24, 2.45) is 0 Å². The Morgan fingerprint density at radius 2 is 1.95 bits per heavy atom. The summed E-state index contributed by atoms with van der Waals surface area (Å²) in [5.41, 5.74) is 3.07. The molecule has 0 bridgehead atoms. The zero-order valence-electron chi connectivity index (χ0n) is 10.5. The van der Waals surface area contributed by atoms with Crippen LogP contribution in [0.25, 0.3) is 20.8 Å². The molecule has 0 radical (unpaired) electrons. The van der Waals surface area contributed by atoms with Crippen LogP contribution in [-0.4, -0.2) is 10.8 Å². The van der Waals surface area contributed by atoms with Crippen molar-refractivity contribution >= 4 is 33.1 Å². The molecule has 94 valence electrons. The van der Waals surface area contributed by atoms with Gasteiger partial charge >= 0.3 is 0 Å². The van der Waals surface area contributed by atoms with Crippen LogP contribution >= 0.6 is 11.3 Å². The van der Waals surface area contributed by atoms with Crippen molar-refractivity contribution in [2.45, 2.75) is 6.92 Å². The summed E-state index contributed by atoms with van der Waals surface area (Å²) in [6, 6.07) is 16.2. The van der Waals surface area contributed by atoms with Crippen LogP contribution in [0.2, 0.25) is 0 Å². The maximum absolute atomic E-state index is 7.46. The monoisotopic (exact) mass is 267 g/mol. The van der Waals surface area contributed by atoms with Gasteiger partial charge in [-0.2, -0.15) is 0 Å². The predicted molar refractivity (Wildman–Crippen MR) is 82.1 cm³/mol. The standard InChI is InChI=1S/C15H13N3S/c1-10(16)17-12-7-8-13-14(9-12)19-15(18-13)11-5-3-2-4-6-11/h2-9H,1H3,(H2,16,17). The summed E-state index contributed by atoms with van der Waals surface area (Å²) >= 11 is 1.67. The molecule has 4 heteroatoms. The number of thiazole rings is 1. The lowest BCUT2D eigenvalue weighted by Crippen LogP contribution is -2.04. The number of hydrogen-bond acceptors (Lipinski definition) is 3. The van der Waals surface area contributed by atoms with E-state index in [0.717, 1.165) is 26.5 Å². The second-order valence-electron chi connectivity index (χ2n) is 4.32. The van der Waals surface area contributed by atoms with Crippen molar-refractivity contribution in [3.63, 3.8) is 0 Å². The van der Waals surface area contributed by atoms with Gasteiger partial charge in [-0.25, -0.2) is 4.98 Å². The Bertz CT molecular complexity index is 731. The van der Waals surface area contributed by atoms with Crippen molar-refractivity contribution < 1.29 is 0 Å². The summed E-state index contributed by atoms with van der Waals surface area (Å²) in [6.45, 7) is 1.73. The van der Waals surface area contributed by atoms with Crippen molar-refractivity contribution in [1.82, 2.24) is 4.98 Å². The van der Waals surface area contributed by atoms with Crippen LogP contribution in [0.15, 0.2) is 48.5 Å². The molecule has 19 heavy (non-hydrogen) atoms. The Morgan fingerprint density at radius 3 is 2.68 bits per heavy atom. The highest BCUT2D eigenvalue weighted by Gasteiger charge is 2.06. The Balaban J connectivity index is 2.04. The van der Waals surface area contributed by atoms with Gasteiger partial charge in [0.25, 0.3) is 0 Å². The summed E-state index contributed by atoms with van der Waals surface area (Å²) in [5, 5.41) is 11.5. The van der Waals surface area contributed by atoms with Gasteiger partial charge in [0, 0.05) is 11.3 Å². The van der Waals surface area contributed by atoms with Gasteiger partial charge < -0.3 is 5.32 Å². The molecule has 0 saturated heterocycles. The molecule has 3 rings (SSSR count). The van der Waals surface area contributed by atoms with Gasteiger partial charge in [-0.3, -0.25) is 5.41 Å². The number of amidine groups is 1. The van der Waals surface area contributed by atoms with E-state index in [9.17, 15) is 0 Å². The molecule has 0 aliphatic carbocycles. The van der Waals surface area contributed by atoms with Crippen molar-refractivity contribution in [3.05, 3.63) is 48.5 Å². The van der Waals surface area contributed by atoms with E-state index in [-0.39, 0.29) is 0 Å². The van der Waals surface area contributed by atoms with E-state index in [1.54, 1.807) is 18.3 Å². The van der Waals surface area contributed by atoms with E-state index >= 15 is 0 Å². The molecule has 3 nitrogen and oxygen atoms in total. The number of anilines is 1. The van der Waals surface area contributed by atoms with E-state index in [2.05, 4.69) is 22.4 Å². The average molecular weight is 267 g/mol. The number of aromatic nitrogens is 1. The Morgan fingerprint density at radius 1 is 1.16 bits per heavy atom.